The van der Waals surface area contributed by atoms with Crippen LogP contribution in [0.15, 0.2) is 0 Å². The van der Waals surface area contributed by atoms with Crippen molar-refractivity contribution in [3.63, 3.8) is 0 Å². The number of hydrogen-bond acceptors (Lipinski definition) is 1. The molecule has 2 rings (SSSR count). The first-order valence-corrected chi connectivity index (χ1v) is 5.10. The van der Waals surface area contributed by atoms with E-state index in [9.17, 15) is 4.79 Å². The van der Waals surface area contributed by atoms with E-state index >= 15 is 0 Å². The first-order valence-electron chi connectivity index (χ1n) is 5.10. The van der Waals surface area contributed by atoms with E-state index in [0.29, 0.717) is 11.9 Å². The molecule has 2 saturated heterocycles. The smallest absolute Gasteiger partial charge is 0.222 e. The standard InChI is InChI=1S/C10H17NO/c1-2-8-5-6-11-9(7-8)3-4-10(11)12/h8-9H,2-7H2,1H3/t8-,9+/m1/s1. The summed E-state index contributed by atoms with van der Waals surface area (Å²) in [7, 11) is 0. The highest BCUT2D eigenvalue weighted by Crippen LogP contribution is 2.32. The summed E-state index contributed by atoms with van der Waals surface area (Å²) in [5.41, 5.74) is 0. The fourth-order valence-corrected chi connectivity index (χ4v) is 2.54. The van der Waals surface area contributed by atoms with Crippen LogP contribution in [0.4, 0.5) is 0 Å². The van der Waals surface area contributed by atoms with Gasteiger partial charge in [0.25, 0.3) is 0 Å². The molecule has 0 aromatic rings. The summed E-state index contributed by atoms with van der Waals surface area (Å²) in [5.74, 6) is 1.28. The van der Waals surface area contributed by atoms with Gasteiger partial charge in [0.1, 0.15) is 0 Å². The normalized spacial score (nSPS) is 35.4. The van der Waals surface area contributed by atoms with Crippen LogP contribution in [0.3, 0.4) is 0 Å². The Morgan fingerprint density at radius 1 is 1.50 bits per heavy atom. The Hall–Kier alpha value is -0.530. The number of rotatable bonds is 1. The first-order chi connectivity index (χ1) is 5.81. The summed E-state index contributed by atoms with van der Waals surface area (Å²) in [6.45, 7) is 3.29. The van der Waals surface area contributed by atoms with E-state index in [1.807, 2.05) is 0 Å². The van der Waals surface area contributed by atoms with E-state index in [1.165, 1.54) is 19.3 Å². The highest BCUT2D eigenvalue weighted by Gasteiger charge is 2.35. The Morgan fingerprint density at radius 2 is 2.33 bits per heavy atom. The maximum atomic E-state index is 11.3. The third-order valence-electron chi connectivity index (χ3n) is 3.41. The lowest BCUT2D eigenvalue weighted by atomic mass is 9.89. The maximum absolute atomic E-state index is 11.3. The van der Waals surface area contributed by atoms with Crippen molar-refractivity contribution in [1.29, 1.82) is 0 Å². The van der Waals surface area contributed by atoms with Crippen LogP contribution < -0.4 is 0 Å². The second-order valence-corrected chi connectivity index (χ2v) is 4.08. The third kappa shape index (κ3) is 1.23. The zero-order valence-electron chi connectivity index (χ0n) is 7.75. The van der Waals surface area contributed by atoms with Gasteiger partial charge in [-0.2, -0.15) is 0 Å². The highest BCUT2D eigenvalue weighted by atomic mass is 16.2. The van der Waals surface area contributed by atoms with Crippen LogP contribution in [0, 0.1) is 5.92 Å². The van der Waals surface area contributed by atoms with E-state index in [2.05, 4.69) is 11.8 Å². The molecule has 2 aliphatic rings. The summed E-state index contributed by atoms with van der Waals surface area (Å²) in [6, 6.07) is 0.608. The van der Waals surface area contributed by atoms with Crippen molar-refractivity contribution in [2.24, 2.45) is 5.92 Å². The van der Waals surface area contributed by atoms with E-state index in [1.54, 1.807) is 0 Å². The zero-order chi connectivity index (χ0) is 8.55. The average molecular weight is 167 g/mol. The molecule has 2 heteroatoms. The summed E-state index contributed by atoms with van der Waals surface area (Å²) >= 11 is 0. The molecule has 0 unspecified atom stereocenters. The fourth-order valence-electron chi connectivity index (χ4n) is 2.54. The molecular formula is C10H17NO. The van der Waals surface area contributed by atoms with Crippen molar-refractivity contribution >= 4 is 5.91 Å². The van der Waals surface area contributed by atoms with Gasteiger partial charge in [-0.25, -0.2) is 0 Å². The van der Waals surface area contributed by atoms with Crippen molar-refractivity contribution < 1.29 is 4.79 Å². The number of amides is 1. The Kier molecular flexibility index (Phi) is 2.07. The molecule has 0 radical (unpaired) electrons. The Balaban J connectivity index is 1.99. The van der Waals surface area contributed by atoms with Gasteiger partial charge < -0.3 is 4.90 Å². The molecule has 2 atom stereocenters. The van der Waals surface area contributed by atoms with Crippen molar-refractivity contribution in [2.75, 3.05) is 6.54 Å². The molecule has 2 nitrogen and oxygen atoms in total. The molecule has 0 saturated carbocycles. The second kappa shape index (κ2) is 3.08. The molecule has 0 aromatic carbocycles. The molecular weight excluding hydrogens is 150 g/mol. The minimum absolute atomic E-state index is 0.398. The quantitative estimate of drug-likeness (QED) is 0.583. The number of carbonyl (C=O) groups is 1. The topological polar surface area (TPSA) is 20.3 Å². The van der Waals surface area contributed by atoms with Crippen LogP contribution in [0.5, 0.6) is 0 Å². The number of fused-ring (bicyclic) bond motifs is 1. The van der Waals surface area contributed by atoms with Gasteiger partial charge in [0.15, 0.2) is 0 Å². The van der Waals surface area contributed by atoms with Gasteiger partial charge in [-0.15, -0.1) is 0 Å². The molecule has 2 aliphatic heterocycles. The van der Waals surface area contributed by atoms with E-state index in [0.717, 1.165) is 25.3 Å². The van der Waals surface area contributed by atoms with Gasteiger partial charge in [0, 0.05) is 19.0 Å². The number of piperidine rings is 1. The maximum Gasteiger partial charge on any atom is 0.222 e. The lowest BCUT2D eigenvalue weighted by Gasteiger charge is -2.34. The molecule has 0 bridgehead atoms. The van der Waals surface area contributed by atoms with E-state index in [4.69, 9.17) is 0 Å². The van der Waals surface area contributed by atoms with Crippen molar-refractivity contribution in [1.82, 2.24) is 4.90 Å². The van der Waals surface area contributed by atoms with E-state index in [-0.39, 0.29) is 0 Å². The summed E-state index contributed by atoms with van der Waals surface area (Å²) in [5, 5.41) is 0. The molecule has 0 aromatic heterocycles. The van der Waals surface area contributed by atoms with Gasteiger partial charge >= 0.3 is 0 Å². The summed E-state index contributed by atoms with van der Waals surface area (Å²) in [6.07, 6.45) is 5.72. The van der Waals surface area contributed by atoms with Crippen molar-refractivity contribution in [3.8, 4) is 0 Å². The van der Waals surface area contributed by atoms with Crippen LogP contribution in [-0.2, 0) is 4.79 Å². The molecule has 0 spiro atoms. The predicted octanol–water partition coefficient (Wildman–Crippen LogP) is 1.80. The molecule has 0 aliphatic carbocycles. The average Bonchev–Trinajstić information content (AvgIpc) is 2.47. The fraction of sp³-hybridized carbons (Fsp3) is 0.900. The molecule has 12 heavy (non-hydrogen) atoms. The molecule has 2 heterocycles. The van der Waals surface area contributed by atoms with Crippen molar-refractivity contribution in [2.45, 2.75) is 45.1 Å². The number of nitrogens with zero attached hydrogens (tertiary/aromatic N) is 1. The van der Waals surface area contributed by atoms with Crippen LogP contribution in [0.2, 0.25) is 0 Å². The van der Waals surface area contributed by atoms with Gasteiger partial charge in [-0.1, -0.05) is 13.3 Å². The van der Waals surface area contributed by atoms with Crippen LogP contribution >= 0.6 is 0 Å². The third-order valence-corrected chi connectivity index (χ3v) is 3.41. The minimum Gasteiger partial charge on any atom is -0.340 e. The Bertz CT molecular complexity index is 190. The summed E-state index contributed by atoms with van der Waals surface area (Å²) < 4.78 is 0. The SMILES string of the molecule is CC[C@@H]1CCN2C(=O)CC[C@H]2C1. The van der Waals surface area contributed by atoms with Gasteiger partial charge in [-0.05, 0) is 25.2 Å². The van der Waals surface area contributed by atoms with Crippen LogP contribution in [0.25, 0.3) is 0 Å². The van der Waals surface area contributed by atoms with Crippen LogP contribution in [-0.4, -0.2) is 23.4 Å². The lowest BCUT2D eigenvalue weighted by molar-refractivity contribution is -0.130. The molecule has 2 fully saturated rings. The van der Waals surface area contributed by atoms with Crippen LogP contribution in [0.1, 0.15) is 39.0 Å². The molecule has 1 amide bonds. The van der Waals surface area contributed by atoms with E-state index < -0.39 is 0 Å². The predicted molar refractivity (Wildman–Crippen MR) is 47.8 cm³/mol. The molecule has 0 N–H and O–H groups in total. The van der Waals surface area contributed by atoms with Gasteiger partial charge in [0.2, 0.25) is 5.91 Å². The summed E-state index contributed by atoms with van der Waals surface area (Å²) in [4.78, 5) is 13.4. The monoisotopic (exact) mass is 167 g/mol. The number of carbonyl (C=O) groups excluding carboxylic acids is 1. The highest BCUT2D eigenvalue weighted by molar-refractivity contribution is 5.78. The first kappa shape index (κ1) is 8.09. The Morgan fingerprint density at radius 3 is 3.08 bits per heavy atom. The largest absolute Gasteiger partial charge is 0.340 e. The lowest BCUT2D eigenvalue weighted by Crippen LogP contribution is -2.40. The minimum atomic E-state index is 0.398. The molecule has 68 valence electrons. The van der Waals surface area contributed by atoms with Gasteiger partial charge in [0.05, 0.1) is 0 Å². The second-order valence-electron chi connectivity index (χ2n) is 4.08. The Labute approximate surface area is 73.9 Å². The zero-order valence-corrected chi connectivity index (χ0v) is 7.75. The number of hydrogen-bond donors (Lipinski definition) is 0. The van der Waals surface area contributed by atoms with Crippen molar-refractivity contribution in [3.05, 3.63) is 0 Å². The van der Waals surface area contributed by atoms with Gasteiger partial charge in [-0.3, -0.25) is 4.79 Å².